The topological polar surface area (TPSA) is 89.8 Å². The first-order valence-electron chi connectivity index (χ1n) is 11.4. The normalized spacial score (nSPS) is 10.5. The third kappa shape index (κ3) is 6.51. The molecule has 0 aliphatic heterocycles. The van der Waals surface area contributed by atoms with E-state index in [1.165, 1.54) is 28.0 Å². The van der Waals surface area contributed by atoms with Gasteiger partial charge in [0.1, 0.15) is 0 Å². The number of H-pyrrole nitrogens is 1. The Morgan fingerprint density at radius 2 is 1.72 bits per heavy atom. The van der Waals surface area contributed by atoms with Gasteiger partial charge in [-0.3, -0.25) is 14.6 Å². The van der Waals surface area contributed by atoms with Crippen LogP contribution in [-0.2, 0) is 20.1 Å². The number of aromatic nitrogens is 4. The summed E-state index contributed by atoms with van der Waals surface area (Å²) in [5.74, 6) is 0.541. The minimum Gasteiger partial charge on any atom is -0.399 e. The molecule has 0 saturated heterocycles. The van der Waals surface area contributed by atoms with Crippen molar-refractivity contribution in [2.75, 3.05) is 0 Å². The molecule has 0 atom stereocenters. The van der Waals surface area contributed by atoms with Crippen LogP contribution in [0.4, 0.5) is 0 Å². The molecule has 5 aromatic rings. The Morgan fingerprint density at radius 3 is 2.39 bits per heavy atom. The molecule has 0 fully saturated rings. The summed E-state index contributed by atoms with van der Waals surface area (Å²) in [5, 5.41) is 2.45. The van der Waals surface area contributed by atoms with Crippen molar-refractivity contribution >= 4 is 10.8 Å². The van der Waals surface area contributed by atoms with Crippen molar-refractivity contribution in [2.24, 2.45) is 0 Å². The van der Waals surface area contributed by atoms with Crippen LogP contribution in [0.3, 0.4) is 0 Å². The molecule has 0 aliphatic rings. The summed E-state index contributed by atoms with van der Waals surface area (Å²) in [6.45, 7) is 8.65. The molecular formula is C29H26IrN4O2-2. The van der Waals surface area contributed by atoms with Crippen LogP contribution in [0.15, 0.2) is 82.6 Å². The van der Waals surface area contributed by atoms with Gasteiger partial charge in [0.15, 0.2) is 11.2 Å². The summed E-state index contributed by atoms with van der Waals surface area (Å²) in [6.07, 6.45) is 3.47. The van der Waals surface area contributed by atoms with Crippen molar-refractivity contribution in [3.05, 3.63) is 117 Å². The van der Waals surface area contributed by atoms with Crippen molar-refractivity contribution in [1.29, 1.82) is 0 Å². The molecule has 1 N–H and O–H groups in total. The maximum absolute atomic E-state index is 11.0. The Labute approximate surface area is 223 Å². The monoisotopic (exact) mass is 655 g/mol. The SMILES string of the molecule is Cc1[c-]c(-c2nccc3cc(C(C)C)ccc23)cc(C)c1.O=c1cc(-c2ccccn2)[n-]c(=O)[nH]1.[Ir]. The van der Waals surface area contributed by atoms with Crippen LogP contribution in [0.25, 0.3) is 33.4 Å². The molecule has 0 unspecified atom stereocenters. The van der Waals surface area contributed by atoms with Gasteiger partial charge in [0.05, 0.1) is 5.69 Å². The van der Waals surface area contributed by atoms with Gasteiger partial charge in [0.2, 0.25) is 0 Å². The molecule has 5 rings (SSSR count). The number of benzene rings is 2. The maximum atomic E-state index is 11.0. The van der Waals surface area contributed by atoms with Gasteiger partial charge >= 0.3 is 0 Å². The standard InChI is InChI=1S/C20H20N.C9H7N3O2.Ir/c1-13(2)16-5-6-19-17(12-16)7-8-21-20(19)18-10-14(3)9-15(4)11-18;13-8-5-7(11-9(14)12-8)6-3-1-2-4-10-6;/h5-10,12-13H,1-4H3;1-5H,(H2,11,12,13,14);/q-1;;/p-1. The predicted octanol–water partition coefficient (Wildman–Crippen LogP) is 5.19. The molecule has 0 bridgehead atoms. The zero-order valence-electron chi connectivity index (χ0n) is 20.5. The van der Waals surface area contributed by atoms with Crippen molar-refractivity contribution < 1.29 is 20.1 Å². The van der Waals surface area contributed by atoms with Gasteiger partial charge in [-0.25, -0.2) is 0 Å². The first kappa shape index (κ1) is 26.9. The van der Waals surface area contributed by atoms with Crippen molar-refractivity contribution in [3.63, 3.8) is 0 Å². The second-order valence-electron chi connectivity index (χ2n) is 8.70. The van der Waals surface area contributed by atoms with E-state index in [1.807, 2.05) is 11.2 Å². The summed E-state index contributed by atoms with van der Waals surface area (Å²) in [7, 11) is 0. The minimum absolute atomic E-state index is 0. The molecule has 3 heterocycles. The molecule has 36 heavy (non-hydrogen) atoms. The number of hydrogen-bond donors (Lipinski definition) is 1. The largest absolute Gasteiger partial charge is 0.399 e. The van der Waals surface area contributed by atoms with Crippen LogP contribution in [0.1, 0.15) is 36.5 Å². The van der Waals surface area contributed by atoms with E-state index in [9.17, 15) is 9.59 Å². The molecule has 0 amide bonds. The summed E-state index contributed by atoms with van der Waals surface area (Å²) >= 11 is 0. The fourth-order valence-electron chi connectivity index (χ4n) is 3.87. The molecule has 7 heteroatoms. The third-order valence-electron chi connectivity index (χ3n) is 5.51. The number of nitrogens with one attached hydrogen (secondary N) is 1. The Hall–Kier alpha value is -3.67. The van der Waals surface area contributed by atoms with E-state index in [0.717, 1.165) is 16.8 Å². The summed E-state index contributed by atoms with van der Waals surface area (Å²) < 4.78 is 0. The van der Waals surface area contributed by atoms with Crippen molar-refractivity contribution in [2.45, 2.75) is 33.6 Å². The number of nitrogens with zero attached hydrogens (tertiary/aromatic N) is 3. The summed E-state index contributed by atoms with van der Waals surface area (Å²) in [4.78, 5) is 36.1. The van der Waals surface area contributed by atoms with Gasteiger partial charge in [-0.2, -0.15) is 0 Å². The summed E-state index contributed by atoms with van der Waals surface area (Å²) in [6, 6.07) is 22.9. The number of aryl methyl sites for hydroxylation is 2. The van der Waals surface area contributed by atoms with Crippen LogP contribution in [-0.4, -0.2) is 15.0 Å². The average Bonchev–Trinajstić information content (AvgIpc) is 2.83. The number of aromatic amines is 1. The van der Waals surface area contributed by atoms with E-state index in [4.69, 9.17) is 0 Å². The fourth-order valence-corrected chi connectivity index (χ4v) is 3.87. The molecule has 2 aromatic carbocycles. The molecule has 185 valence electrons. The van der Waals surface area contributed by atoms with E-state index < -0.39 is 11.2 Å². The second-order valence-corrected chi connectivity index (χ2v) is 8.70. The quantitative estimate of drug-likeness (QED) is 0.271. The average molecular weight is 655 g/mol. The van der Waals surface area contributed by atoms with Gasteiger partial charge in [-0.15, -0.1) is 34.9 Å². The van der Waals surface area contributed by atoms with E-state index in [1.54, 1.807) is 24.4 Å². The van der Waals surface area contributed by atoms with Gasteiger partial charge < -0.3 is 15.0 Å². The van der Waals surface area contributed by atoms with Crippen LogP contribution >= 0.6 is 0 Å². The van der Waals surface area contributed by atoms with Crippen LogP contribution in [0.2, 0.25) is 0 Å². The first-order valence-corrected chi connectivity index (χ1v) is 11.4. The molecule has 0 saturated carbocycles. The minimum atomic E-state index is -0.654. The van der Waals surface area contributed by atoms with Crippen LogP contribution < -0.4 is 16.2 Å². The molecule has 1 radical (unpaired) electrons. The van der Waals surface area contributed by atoms with E-state index in [0.29, 0.717) is 17.3 Å². The van der Waals surface area contributed by atoms with Crippen LogP contribution in [0, 0.1) is 19.9 Å². The van der Waals surface area contributed by atoms with E-state index in [-0.39, 0.29) is 20.1 Å². The molecular weight excluding hydrogens is 629 g/mol. The molecule has 0 aliphatic carbocycles. The number of rotatable bonds is 3. The Balaban J connectivity index is 0.000000210. The smallest absolute Gasteiger partial charge is 0.171 e. The number of fused-ring (bicyclic) bond motifs is 1. The molecule has 0 spiro atoms. The van der Waals surface area contributed by atoms with Gasteiger partial charge in [0.25, 0.3) is 0 Å². The number of pyridine rings is 2. The second kappa shape index (κ2) is 11.8. The zero-order chi connectivity index (χ0) is 24.9. The predicted molar refractivity (Wildman–Crippen MR) is 139 cm³/mol. The van der Waals surface area contributed by atoms with Crippen molar-refractivity contribution in [3.8, 4) is 22.6 Å². The van der Waals surface area contributed by atoms with Gasteiger partial charge in [-0.05, 0) is 57.9 Å². The van der Waals surface area contributed by atoms with Gasteiger partial charge in [0, 0.05) is 32.5 Å². The Morgan fingerprint density at radius 1 is 0.917 bits per heavy atom. The third-order valence-corrected chi connectivity index (χ3v) is 5.51. The van der Waals surface area contributed by atoms with Crippen molar-refractivity contribution in [1.82, 2.24) is 19.9 Å². The maximum Gasteiger partial charge on any atom is 0.171 e. The fraction of sp³-hybridized carbons (Fsp3) is 0.172. The molecule has 6 nitrogen and oxygen atoms in total. The Kier molecular flexibility index (Phi) is 8.86. The first-order chi connectivity index (χ1) is 16.8. The summed E-state index contributed by atoms with van der Waals surface area (Å²) in [5.41, 5.74) is 5.55. The van der Waals surface area contributed by atoms with E-state index >= 15 is 0 Å². The van der Waals surface area contributed by atoms with Crippen LogP contribution in [0.5, 0.6) is 0 Å². The Bertz CT molecular complexity index is 1540. The zero-order valence-corrected chi connectivity index (χ0v) is 22.9. The van der Waals surface area contributed by atoms with E-state index in [2.05, 4.69) is 85.1 Å². The molecule has 3 aromatic heterocycles. The van der Waals surface area contributed by atoms with Gasteiger partial charge in [-0.1, -0.05) is 52.0 Å². The number of hydrogen-bond acceptors (Lipinski definition) is 4.